The molecule has 1 fully saturated rings. The van der Waals surface area contributed by atoms with Gasteiger partial charge in [-0.25, -0.2) is 19.5 Å². The third kappa shape index (κ3) is 2.91. The highest BCUT2D eigenvalue weighted by Crippen LogP contribution is 2.48. The maximum absolute atomic E-state index is 12.8. The number of aromatic nitrogens is 5. The molecule has 1 atom stereocenters. The third-order valence-electron chi connectivity index (χ3n) is 6.51. The van der Waals surface area contributed by atoms with Crippen LogP contribution in [-0.2, 0) is 10.2 Å². The van der Waals surface area contributed by atoms with Gasteiger partial charge in [-0.1, -0.05) is 18.9 Å². The van der Waals surface area contributed by atoms with Crippen LogP contribution in [0.25, 0.3) is 28.0 Å². The summed E-state index contributed by atoms with van der Waals surface area (Å²) in [5, 5.41) is 7.56. The molecule has 0 spiro atoms. The molecule has 1 unspecified atom stereocenters. The minimum absolute atomic E-state index is 0.103. The average Bonchev–Trinajstić information content (AvgIpc) is 3.42. The normalized spacial score (nSPS) is 20.1. The van der Waals surface area contributed by atoms with Gasteiger partial charge >= 0.3 is 0 Å². The Labute approximate surface area is 179 Å². The first-order chi connectivity index (χ1) is 15.0. The van der Waals surface area contributed by atoms with Crippen LogP contribution in [0.5, 0.6) is 0 Å². The molecule has 154 valence electrons. The third-order valence-corrected chi connectivity index (χ3v) is 6.51. The molecule has 0 bridgehead atoms. The number of aryl methyl sites for hydroxylation is 1. The van der Waals surface area contributed by atoms with Crippen molar-refractivity contribution in [1.82, 2.24) is 24.6 Å². The molecule has 2 aliphatic rings. The molecule has 6 rings (SSSR count). The van der Waals surface area contributed by atoms with Crippen molar-refractivity contribution in [2.75, 3.05) is 5.32 Å². The summed E-state index contributed by atoms with van der Waals surface area (Å²) >= 11 is 0. The first-order valence-corrected chi connectivity index (χ1v) is 10.6. The van der Waals surface area contributed by atoms with E-state index in [0.29, 0.717) is 5.92 Å². The van der Waals surface area contributed by atoms with E-state index in [4.69, 9.17) is 4.98 Å². The summed E-state index contributed by atoms with van der Waals surface area (Å²) in [4.78, 5) is 26.2. The monoisotopic (exact) mass is 410 g/mol. The van der Waals surface area contributed by atoms with Crippen LogP contribution in [0.15, 0.2) is 49.1 Å². The molecule has 3 aromatic heterocycles. The molecular weight excluding hydrogens is 388 g/mol. The number of hydrogen-bond acceptors (Lipinski definition) is 5. The first kappa shape index (κ1) is 18.2. The van der Waals surface area contributed by atoms with E-state index >= 15 is 0 Å². The largest absolute Gasteiger partial charge is 0.325 e. The van der Waals surface area contributed by atoms with Gasteiger partial charge in [0.05, 0.1) is 17.3 Å². The van der Waals surface area contributed by atoms with Crippen LogP contribution in [0.2, 0.25) is 0 Å². The molecule has 7 nitrogen and oxygen atoms in total. The number of hydrogen-bond donors (Lipinski definition) is 1. The molecule has 1 N–H and O–H groups in total. The van der Waals surface area contributed by atoms with Gasteiger partial charge in [0.2, 0.25) is 5.91 Å². The summed E-state index contributed by atoms with van der Waals surface area (Å²) in [5.41, 5.74) is 5.88. The van der Waals surface area contributed by atoms with Crippen molar-refractivity contribution in [1.29, 1.82) is 0 Å². The fourth-order valence-electron chi connectivity index (χ4n) is 4.52. The van der Waals surface area contributed by atoms with E-state index < -0.39 is 5.41 Å². The Morgan fingerprint density at radius 1 is 1.13 bits per heavy atom. The van der Waals surface area contributed by atoms with Crippen molar-refractivity contribution < 1.29 is 4.79 Å². The van der Waals surface area contributed by atoms with Gasteiger partial charge in [-0.15, -0.1) is 0 Å². The molecule has 0 saturated heterocycles. The summed E-state index contributed by atoms with van der Waals surface area (Å²) in [6.07, 6.45) is 10.7. The van der Waals surface area contributed by atoms with Crippen LogP contribution < -0.4 is 5.32 Å². The minimum Gasteiger partial charge on any atom is -0.325 e. The highest BCUT2D eigenvalue weighted by molar-refractivity contribution is 6.06. The van der Waals surface area contributed by atoms with Crippen LogP contribution in [-0.4, -0.2) is 30.5 Å². The molecule has 7 heteroatoms. The number of carbonyl (C=O) groups is 1. The van der Waals surface area contributed by atoms with E-state index in [1.165, 1.54) is 12.8 Å². The van der Waals surface area contributed by atoms with E-state index in [9.17, 15) is 4.79 Å². The van der Waals surface area contributed by atoms with Crippen molar-refractivity contribution in [2.45, 2.75) is 38.5 Å². The van der Waals surface area contributed by atoms with Gasteiger partial charge in [0.25, 0.3) is 0 Å². The highest BCUT2D eigenvalue weighted by Gasteiger charge is 2.46. The van der Waals surface area contributed by atoms with Gasteiger partial charge in [-0.3, -0.25) is 4.79 Å². The van der Waals surface area contributed by atoms with E-state index in [-0.39, 0.29) is 5.91 Å². The van der Waals surface area contributed by atoms with Crippen molar-refractivity contribution >= 4 is 17.2 Å². The summed E-state index contributed by atoms with van der Waals surface area (Å²) in [6.45, 7) is 3.93. The second-order valence-corrected chi connectivity index (χ2v) is 8.85. The number of fused-ring (bicyclic) bond motifs is 2. The van der Waals surface area contributed by atoms with Crippen molar-refractivity contribution in [3.05, 3.63) is 60.4 Å². The Kier molecular flexibility index (Phi) is 3.78. The van der Waals surface area contributed by atoms with Crippen molar-refractivity contribution in [3.63, 3.8) is 0 Å². The van der Waals surface area contributed by atoms with Crippen LogP contribution >= 0.6 is 0 Å². The zero-order valence-electron chi connectivity index (χ0n) is 17.5. The maximum Gasteiger partial charge on any atom is 0.234 e. The Hall–Kier alpha value is -3.61. The SMILES string of the molecule is Cc1ncc(-c2ccn3ncc(-c4ccc5c(c4)C(C)(CC4CC4)C(=O)N5)c3n2)cn1. The Morgan fingerprint density at radius 2 is 1.94 bits per heavy atom. The second-order valence-electron chi connectivity index (χ2n) is 8.85. The molecule has 4 aromatic rings. The molecule has 4 heterocycles. The molecule has 1 aliphatic carbocycles. The number of rotatable bonds is 4. The predicted octanol–water partition coefficient (Wildman–Crippen LogP) is 4.17. The first-order valence-electron chi connectivity index (χ1n) is 10.6. The molecule has 1 saturated carbocycles. The lowest BCUT2D eigenvalue weighted by Gasteiger charge is -2.22. The zero-order chi connectivity index (χ0) is 21.2. The molecule has 0 radical (unpaired) electrons. The summed E-state index contributed by atoms with van der Waals surface area (Å²) in [5.74, 6) is 1.49. The smallest absolute Gasteiger partial charge is 0.234 e. The van der Waals surface area contributed by atoms with Gasteiger partial charge in [-0.2, -0.15) is 5.10 Å². The van der Waals surface area contributed by atoms with Crippen LogP contribution in [0, 0.1) is 12.8 Å². The maximum atomic E-state index is 12.8. The lowest BCUT2D eigenvalue weighted by molar-refractivity contribution is -0.120. The van der Waals surface area contributed by atoms with E-state index in [1.807, 2.05) is 37.5 Å². The fraction of sp³-hybridized carbons (Fsp3) is 0.292. The molecular formula is C24H22N6O. The molecule has 1 aromatic carbocycles. The topological polar surface area (TPSA) is 85.1 Å². The molecule has 31 heavy (non-hydrogen) atoms. The zero-order valence-corrected chi connectivity index (χ0v) is 17.5. The molecule has 1 amide bonds. The van der Waals surface area contributed by atoms with Crippen LogP contribution in [0.4, 0.5) is 5.69 Å². The Balaban J connectivity index is 1.45. The summed E-state index contributed by atoms with van der Waals surface area (Å²) < 4.78 is 1.77. The van der Waals surface area contributed by atoms with Gasteiger partial charge in [0.15, 0.2) is 5.65 Å². The predicted molar refractivity (Wildman–Crippen MR) is 118 cm³/mol. The Bertz CT molecular complexity index is 1340. The number of carbonyl (C=O) groups excluding carboxylic acids is 1. The highest BCUT2D eigenvalue weighted by atomic mass is 16.2. The van der Waals surface area contributed by atoms with Crippen LogP contribution in [0.1, 0.15) is 37.6 Å². The van der Waals surface area contributed by atoms with E-state index in [0.717, 1.165) is 51.5 Å². The number of benzene rings is 1. The van der Waals surface area contributed by atoms with Gasteiger partial charge in [0, 0.05) is 35.4 Å². The standard InChI is InChI=1S/C24H22N6O/c1-14-25-11-17(12-26-14)20-7-8-30-22(28-20)18(13-27-30)16-5-6-21-19(9-16)24(2,23(31)29-21)10-15-3-4-15/h5-9,11-13,15H,3-4,10H2,1-2H3,(H,29,31). The quantitative estimate of drug-likeness (QED) is 0.546. The lowest BCUT2D eigenvalue weighted by atomic mass is 9.78. The summed E-state index contributed by atoms with van der Waals surface area (Å²) in [7, 11) is 0. The van der Waals surface area contributed by atoms with Gasteiger partial charge < -0.3 is 5.32 Å². The van der Waals surface area contributed by atoms with Crippen molar-refractivity contribution in [3.8, 4) is 22.4 Å². The average molecular weight is 410 g/mol. The van der Waals surface area contributed by atoms with Gasteiger partial charge in [0.1, 0.15) is 5.82 Å². The van der Waals surface area contributed by atoms with Crippen LogP contribution in [0.3, 0.4) is 0 Å². The fourth-order valence-corrected chi connectivity index (χ4v) is 4.52. The molecule has 1 aliphatic heterocycles. The second kappa shape index (κ2) is 6.44. The number of anilines is 1. The minimum atomic E-state index is -0.479. The number of nitrogens with zero attached hydrogens (tertiary/aromatic N) is 5. The van der Waals surface area contributed by atoms with Crippen molar-refractivity contribution in [2.24, 2.45) is 5.92 Å². The number of nitrogens with one attached hydrogen (secondary N) is 1. The van der Waals surface area contributed by atoms with Gasteiger partial charge in [-0.05, 0) is 55.5 Å². The van der Waals surface area contributed by atoms with E-state index in [1.54, 1.807) is 16.9 Å². The van der Waals surface area contributed by atoms with E-state index in [2.05, 4.69) is 33.4 Å². The number of amides is 1. The summed E-state index contributed by atoms with van der Waals surface area (Å²) in [6, 6.07) is 8.08. The Morgan fingerprint density at radius 3 is 2.71 bits per heavy atom. The lowest BCUT2D eigenvalue weighted by Crippen LogP contribution is -2.31.